The summed E-state index contributed by atoms with van der Waals surface area (Å²) in [6, 6.07) is 17.3. The molecule has 4 nitrogen and oxygen atoms in total. The van der Waals surface area contributed by atoms with Crippen molar-refractivity contribution in [1.29, 1.82) is 0 Å². The monoisotopic (exact) mass is 451 g/mol. The maximum absolute atomic E-state index is 13.3. The van der Waals surface area contributed by atoms with Crippen LogP contribution in [0.5, 0.6) is 0 Å². The van der Waals surface area contributed by atoms with Crippen molar-refractivity contribution in [1.82, 2.24) is 9.97 Å². The highest BCUT2D eigenvalue weighted by Crippen LogP contribution is 2.33. The van der Waals surface area contributed by atoms with Gasteiger partial charge in [0.05, 0.1) is 22.5 Å². The normalized spacial score (nSPS) is 11.0. The zero-order valence-corrected chi connectivity index (χ0v) is 17.9. The second kappa shape index (κ2) is 7.81. The SMILES string of the molecule is Cc1cc(C)c2nc(N(Cc3ccccn3)C(=O)c3ccc(Br)cc3)sc2c1. The number of halogens is 1. The average molecular weight is 452 g/mol. The van der Waals surface area contributed by atoms with Crippen molar-refractivity contribution in [2.45, 2.75) is 20.4 Å². The first-order chi connectivity index (χ1) is 13.5. The van der Waals surface area contributed by atoms with Crippen molar-refractivity contribution in [3.63, 3.8) is 0 Å². The maximum atomic E-state index is 13.3. The highest BCUT2D eigenvalue weighted by atomic mass is 79.9. The molecule has 2 aromatic carbocycles. The number of hydrogen-bond acceptors (Lipinski definition) is 4. The summed E-state index contributed by atoms with van der Waals surface area (Å²) >= 11 is 4.96. The van der Waals surface area contributed by atoms with E-state index in [1.807, 2.05) is 42.5 Å². The lowest BCUT2D eigenvalue weighted by atomic mass is 10.1. The number of aryl methyl sites for hydroxylation is 2. The summed E-state index contributed by atoms with van der Waals surface area (Å²) in [5, 5.41) is 0.683. The minimum Gasteiger partial charge on any atom is -0.278 e. The van der Waals surface area contributed by atoms with E-state index in [0.29, 0.717) is 17.2 Å². The standard InChI is InChI=1S/C22H18BrN3OS/c1-14-11-15(2)20-19(12-14)28-22(25-20)26(13-18-5-3-4-10-24-18)21(27)16-6-8-17(23)9-7-16/h3-12H,13H2,1-2H3. The summed E-state index contributed by atoms with van der Waals surface area (Å²) in [5.74, 6) is -0.0911. The van der Waals surface area contributed by atoms with Crippen LogP contribution in [0.1, 0.15) is 27.2 Å². The summed E-state index contributed by atoms with van der Waals surface area (Å²) in [4.78, 5) is 24.2. The van der Waals surface area contributed by atoms with Crippen LogP contribution >= 0.6 is 27.3 Å². The van der Waals surface area contributed by atoms with Gasteiger partial charge in [-0.3, -0.25) is 14.7 Å². The molecule has 4 aromatic rings. The van der Waals surface area contributed by atoms with Crippen molar-refractivity contribution in [2.24, 2.45) is 0 Å². The Morgan fingerprint density at radius 1 is 1.11 bits per heavy atom. The molecule has 0 aliphatic carbocycles. The van der Waals surface area contributed by atoms with E-state index in [4.69, 9.17) is 4.98 Å². The fourth-order valence-corrected chi connectivity index (χ4v) is 4.51. The lowest BCUT2D eigenvalue weighted by Gasteiger charge is -2.19. The van der Waals surface area contributed by atoms with Crippen LogP contribution in [-0.4, -0.2) is 15.9 Å². The van der Waals surface area contributed by atoms with Gasteiger partial charge in [0.15, 0.2) is 5.13 Å². The third kappa shape index (κ3) is 3.84. The zero-order valence-electron chi connectivity index (χ0n) is 15.5. The fraction of sp³-hybridized carbons (Fsp3) is 0.136. The number of carbonyl (C=O) groups excluding carboxylic acids is 1. The molecule has 0 bridgehead atoms. The maximum Gasteiger partial charge on any atom is 0.260 e. The van der Waals surface area contributed by atoms with Crippen LogP contribution < -0.4 is 4.90 Å². The summed E-state index contributed by atoms with van der Waals surface area (Å²) in [6.07, 6.45) is 1.74. The van der Waals surface area contributed by atoms with Gasteiger partial charge < -0.3 is 0 Å². The van der Waals surface area contributed by atoms with Crippen LogP contribution in [-0.2, 0) is 6.54 Å². The van der Waals surface area contributed by atoms with Crippen LogP contribution in [0.15, 0.2) is 65.3 Å². The minimum atomic E-state index is -0.0911. The third-order valence-electron chi connectivity index (χ3n) is 4.43. The number of rotatable bonds is 4. The van der Waals surface area contributed by atoms with E-state index < -0.39 is 0 Å². The largest absolute Gasteiger partial charge is 0.278 e. The van der Waals surface area contributed by atoms with Crippen molar-refractivity contribution in [3.05, 3.63) is 87.7 Å². The molecule has 2 heterocycles. The molecule has 2 aromatic heterocycles. The Kier molecular flexibility index (Phi) is 5.24. The fourth-order valence-electron chi connectivity index (χ4n) is 3.10. The number of amides is 1. The number of aromatic nitrogens is 2. The first kappa shape index (κ1) is 18.8. The number of anilines is 1. The van der Waals surface area contributed by atoms with Gasteiger partial charge in [-0.2, -0.15) is 0 Å². The van der Waals surface area contributed by atoms with Gasteiger partial charge in [-0.25, -0.2) is 4.98 Å². The minimum absolute atomic E-state index is 0.0911. The smallest absolute Gasteiger partial charge is 0.260 e. The lowest BCUT2D eigenvalue weighted by Crippen LogP contribution is -2.30. The van der Waals surface area contributed by atoms with Gasteiger partial charge >= 0.3 is 0 Å². The van der Waals surface area contributed by atoms with Gasteiger partial charge in [0.25, 0.3) is 5.91 Å². The number of pyridine rings is 1. The molecular formula is C22H18BrN3OS. The lowest BCUT2D eigenvalue weighted by molar-refractivity contribution is 0.0985. The molecule has 0 spiro atoms. The van der Waals surface area contributed by atoms with Gasteiger partial charge in [-0.15, -0.1) is 0 Å². The molecule has 6 heteroatoms. The van der Waals surface area contributed by atoms with Gasteiger partial charge in [0.1, 0.15) is 0 Å². The van der Waals surface area contributed by atoms with Gasteiger partial charge in [-0.05, 0) is 67.4 Å². The predicted octanol–water partition coefficient (Wildman–Crippen LogP) is 5.92. The molecule has 140 valence electrons. The van der Waals surface area contributed by atoms with Crippen LogP contribution in [0.25, 0.3) is 10.2 Å². The summed E-state index contributed by atoms with van der Waals surface area (Å²) in [5.41, 5.74) is 4.69. The van der Waals surface area contributed by atoms with Crippen LogP contribution in [0.4, 0.5) is 5.13 Å². The number of hydrogen-bond donors (Lipinski definition) is 0. The van der Waals surface area contributed by atoms with Gasteiger partial charge in [0.2, 0.25) is 0 Å². The van der Waals surface area contributed by atoms with Crippen LogP contribution in [0, 0.1) is 13.8 Å². The number of fused-ring (bicyclic) bond motifs is 1. The Balaban J connectivity index is 1.79. The van der Waals surface area contributed by atoms with Gasteiger partial charge in [-0.1, -0.05) is 39.4 Å². The molecule has 0 saturated carbocycles. The van der Waals surface area contributed by atoms with Gasteiger partial charge in [0, 0.05) is 16.2 Å². The van der Waals surface area contributed by atoms with Crippen LogP contribution in [0.3, 0.4) is 0 Å². The summed E-state index contributed by atoms with van der Waals surface area (Å²) in [7, 11) is 0. The van der Waals surface area contributed by atoms with E-state index in [2.05, 4.69) is 46.9 Å². The second-order valence-electron chi connectivity index (χ2n) is 6.64. The van der Waals surface area contributed by atoms with Crippen LogP contribution in [0.2, 0.25) is 0 Å². The quantitative estimate of drug-likeness (QED) is 0.386. The highest BCUT2D eigenvalue weighted by molar-refractivity contribution is 9.10. The summed E-state index contributed by atoms with van der Waals surface area (Å²) in [6.45, 7) is 4.50. The van der Waals surface area contributed by atoms with Crippen molar-refractivity contribution >= 4 is 48.5 Å². The van der Waals surface area contributed by atoms with Crippen molar-refractivity contribution in [2.75, 3.05) is 4.90 Å². The molecule has 28 heavy (non-hydrogen) atoms. The molecule has 0 fully saturated rings. The van der Waals surface area contributed by atoms with E-state index in [-0.39, 0.29) is 5.91 Å². The molecule has 0 saturated heterocycles. The first-order valence-electron chi connectivity index (χ1n) is 8.86. The Labute approximate surface area is 176 Å². The molecule has 0 radical (unpaired) electrons. The second-order valence-corrected chi connectivity index (χ2v) is 8.57. The number of nitrogens with zero attached hydrogens (tertiary/aromatic N) is 3. The molecule has 0 aliphatic heterocycles. The van der Waals surface area contributed by atoms with E-state index in [9.17, 15) is 4.79 Å². The molecule has 4 rings (SSSR count). The van der Waals surface area contributed by atoms with Crippen molar-refractivity contribution in [3.8, 4) is 0 Å². The number of thiazole rings is 1. The zero-order chi connectivity index (χ0) is 19.7. The molecular weight excluding hydrogens is 434 g/mol. The van der Waals surface area contributed by atoms with E-state index in [1.54, 1.807) is 11.1 Å². The topological polar surface area (TPSA) is 46.1 Å². The highest BCUT2D eigenvalue weighted by Gasteiger charge is 2.22. The van der Waals surface area contributed by atoms with E-state index >= 15 is 0 Å². The molecule has 0 atom stereocenters. The Morgan fingerprint density at radius 3 is 2.61 bits per heavy atom. The number of benzene rings is 2. The Morgan fingerprint density at radius 2 is 1.89 bits per heavy atom. The molecule has 0 N–H and O–H groups in total. The van der Waals surface area contributed by atoms with Crippen molar-refractivity contribution < 1.29 is 4.79 Å². The average Bonchev–Trinajstić information content (AvgIpc) is 3.11. The van der Waals surface area contributed by atoms with E-state index in [0.717, 1.165) is 25.9 Å². The van der Waals surface area contributed by atoms with E-state index in [1.165, 1.54) is 16.9 Å². The summed E-state index contributed by atoms with van der Waals surface area (Å²) < 4.78 is 2.02. The predicted molar refractivity (Wildman–Crippen MR) is 118 cm³/mol. The molecule has 0 aliphatic rings. The Bertz CT molecular complexity index is 1140. The third-order valence-corrected chi connectivity index (χ3v) is 5.99. The molecule has 0 unspecified atom stereocenters. The number of carbonyl (C=O) groups is 1. The Hall–Kier alpha value is -2.57. The molecule has 1 amide bonds. The first-order valence-corrected chi connectivity index (χ1v) is 10.5.